The van der Waals surface area contributed by atoms with E-state index in [9.17, 15) is 13.2 Å². The van der Waals surface area contributed by atoms with Gasteiger partial charge in [0.25, 0.3) is 0 Å². The van der Waals surface area contributed by atoms with Crippen LogP contribution in [0.2, 0.25) is 0 Å². The van der Waals surface area contributed by atoms with E-state index in [1.807, 2.05) is 11.8 Å². The van der Waals surface area contributed by atoms with Crippen LogP contribution in [0.15, 0.2) is 0 Å². The summed E-state index contributed by atoms with van der Waals surface area (Å²) in [5.41, 5.74) is 0.155. The number of ether oxygens (including phenoxy) is 3. The molecule has 10 heteroatoms. The van der Waals surface area contributed by atoms with Crippen molar-refractivity contribution in [1.29, 1.82) is 0 Å². The fraction of sp³-hybridized carbons (Fsp3) is 0.688. The molecule has 26 heavy (non-hydrogen) atoms. The van der Waals surface area contributed by atoms with Crippen LogP contribution < -0.4 is 9.64 Å². The average Bonchev–Trinajstić information content (AvgIpc) is 2.58. The Morgan fingerprint density at radius 2 is 1.96 bits per heavy atom. The molecule has 0 saturated carbocycles. The van der Waals surface area contributed by atoms with Crippen molar-refractivity contribution in [2.45, 2.75) is 37.6 Å². The maximum atomic E-state index is 12.4. The van der Waals surface area contributed by atoms with Gasteiger partial charge in [0.1, 0.15) is 17.0 Å². The van der Waals surface area contributed by atoms with Crippen molar-refractivity contribution in [2.75, 3.05) is 38.1 Å². The predicted octanol–water partition coefficient (Wildman–Crippen LogP) is 0.529. The van der Waals surface area contributed by atoms with Crippen LogP contribution in [0.3, 0.4) is 0 Å². The second-order valence-electron chi connectivity index (χ2n) is 7.08. The Labute approximate surface area is 152 Å². The number of methoxy groups -OCH3 is 1. The van der Waals surface area contributed by atoms with Crippen molar-refractivity contribution in [1.82, 2.24) is 9.97 Å². The van der Waals surface area contributed by atoms with Gasteiger partial charge < -0.3 is 19.1 Å². The number of esters is 1. The number of aromatic nitrogens is 2. The Morgan fingerprint density at radius 3 is 2.58 bits per heavy atom. The monoisotopic (exact) mass is 385 g/mol. The molecule has 2 aliphatic heterocycles. The lowest BCUT2D eigenvalue weighted by Crippen LogP contribution is -2.56. The Balaban J connectivity index is 2.26. The Morgan fingerprint density at radius 1 is 1.27 bits per heavy atom. The lowest BCUT2D eigenvalue weighted by Gasteiger charge is -2.45. The molecule has 2 atom stereocenters. The highest BCUT2D eigenvalue weighted by Crippen LogP contribution is 2.43. The molecule has 2 aliphatic rings. The van der Waals surface area contributed by atoms with Gasteiger partial charge in [0.2, 0.25) is 5.82 Å². The number of nitrogens with zero attached hydrogens (tertiary/aromatic N) is 3. The van der Waals surface area contributed by atoms with E-state index in [-0.39, 0.29) is 29.4 Å². The number of hydrogen-bond acceptors (Lipinski definition) is 9. The van der Waals surface area contributed by atoms with E-state index in [1.165, 1.54) is 21.0 Å². The molecule has 3 heterocycles. The van der Waals surface area contributed by atoms with Crippen LogP contribution in [0.1, 0.15) is 37.1 Å². The summed E-state index contributed by atoms with van der Waals surface area (Å²) in [4.78, 5) is 22.7. The van der Waals surface area contributed by atoms with E-state index in [2.05, 4.69) is 9.97 Å². The van der Waals surface area contributed by atoms with Gasteiger partial charge in [0.05, 0.1) is 32.4 Å². The summed E-state index contributed by atoms with van der Waals surface area (Å²) in [6, 6.07) is -0.0770. The summed E-state index contributed by atoms with van der Waals surface area (Å²) in [5.74, 6) is -0.237. The number of carbonyl (C=O) groups excluding carboxylic acids is 1. The van der Waals surface area contributed by atoms with Crippen LogP contribution in [0.25, 0.3) is 0 Å². The van der Waals surface area contributed by atoms with Gasteiger partial charge in [-0.05, 0) is 20.8 Å². The first-order valence-corrected chi connectivity index (χ1v) is 10.2. The number of morpholine rings is 1. The molecular formula is C16H23N3O6S. The van der Waals surface area contributed by atoms with Crippen LogP contribution in [-0.2, 0) is 24.1 Å². The van der Waals surface area contributed by atoms with Gasteiger partial charge >= 0.3 is 5.97 Å². The number of anilines is 1. The predicted molar refractivity (Wildman–Crippen MR) is 93.3 cm³/mol. The molecule has 1 fully saturated rings. The topological polar surface area (TPSA) is 108 Å². The van der Waals surface area contributed by atoms with Gasteiger partial charge in [-0.15, -0.1) is 0 Å². The second-order valence-corrected chi connectivity index (χ2v) is 9.65. The van der Waals surface area contributed by atoms with E-state index in [0.29, 0.717) is 25.6 Å². The van der Waals surface area contributed by atoms with Gasteiger partial charge in [-0.2, -0.15) is 0 Å². The maximum Gasteiger partial charge on any atom is 0.376 e. The molecule has 0 N–H and O–H groups in total. The standard InChI is InChI=1S/C16H23N3O6S/c1-9-6-24-7-10-8-25-11-12(16(2,3)26(5,21)22)17-13(15(20)23-4)18-14(11)19(9)10/h9-10H,6-8H2,1-5H3/t9-,10+/m1/s1. The zero-order valence-corrected chi connectivity index (χ0v) is 16.3. The number of rotatable bonds is 3. The third-order valence-electron chi connectivity index (χ3n) is 4.92. The average molecular weight is 385 g/mol. The van der Waals surface area contributed by atoms with Crippen LogP contribution in [0.4, 0.5) is 5.82 Å². The lowest BCUT2D eigenvalue weighted by atomic mass is 10.0. The largest absolute Gasteiger partial charge is 0.486 e. The lowest BCUT2D eigenvalue weighted by molar-refractivity contribution is 0.0477. The van der Waals surface area contributed by atoms with E-state index in [1.54, 1.807) is 0 Å². The van der Waals surface area contributed by atoms with E-state index in [4.69, 9.17) is 14.2 Å². The smallest absolute Gasteiger partial charge is 0.376 e. The third kappa shape index (κ3) is 2.90. The first-order valence-electron chi connectivity index (χ1n) is 8.27. The molecule has 9 nitrogen and oxygen atoms in total. The fourth-order valence-electron chi connectivity index (χ4n) is 3.10. The molecule has 0 amide bonds. The SMILES string of the molecule is COC(=O)c1nc2c(c(C(C)(C)S(C)(=O)=O)n1)OC[C@@H]1COC[C@@H](C)N21. The van der Waals surface area contributed by atoms with Gasteiger partial charge in [0, 0.05) is 6.26 Å². The summed E-state index contributed by atoms with van der Waals surface area (Å²) in [5, 5.41) is 0. The molecule has 0 aliphatic carbocycles. The zero-order chi connectivity index (χ0) is 19.3. The number of hydrogen-bond donors (Lipinski definition) is 0. The minimum absolute atomic E-state index is 0.00834. The van der Waals surface area contributed by atoms with Crippen molar-refractivity contribution in [2.24, 2.45) is 0 Å². The summed E-state index contributed by atoms with van der Waals surface area (Å²) >= 11 is 0. The summed E-state index contributed by atoms with van der Waals surface area (Å²) in [6.07, 6.45) is 1.13. The molecule has 3 rings (SSSR count). The second kappa shape index (κ2) is 6.34. The van der Waals surface area contributed by atoms with Crippen LogP contribution >= 0.6 is 0 Å². The highest BCUT2D eigenvalue weighted by Gasteiger charge is 2.44. The van der Waals surface area contributed by atoms with Crippen LogP contribution in [0.5, 0.6) is 5.75 Å². The summed E-state index contributed by atoms with van der Waals surface area (Å²) < 4.78 is 39.5. The van der Waals surface area contributed by atoms with Gasteiger partial charge in [-0.3, -0.25) is 0 Å². The molecule has 0 aromatic carbocycles. The Bertz CT molecular complexity index is 839. The number of fused-ring (bicyclic) bond motifs is 3. The van der Waals surface area contributed by atoms with Gasteiger partial charge in [0.15, 0.2) is 21.4 Å². The molecule has 0 unspecified atom stereocenters. The van der Waals surface area contributed by atoms with Crippen molar-refractivity contribution in [3.05, 3.63) is 11.5 Å². The molecule has 1 aromatic rings. The molecule has 144 valence electrons. The Hall–Kier alpha value is -1.94. The molecule has 0 spiro atoms. The minimum Gasteiger partial charge on any atom is -0.486 e. The summed E-state index contributed by atoms with van der Waals surface area (Å²) in [6.45, 7) is 6.33. The van der Waals surface area contributed by atoms with Crippen molar-refractivity contribution in [3.8, 4) is 5.75 Å². The Kier molecular flexibility index (Phi) is 4.60. The van der Waals surface area contributed by atoms with E-state index < -0.39 is 20.6 Å². The minimum atomic E-state index is -3.55. The van der Waals surface area contributed by atoms with Crippen molar-refractivity contribution >= 4 is 21.6 Å². The quantitative estimate of drug-likeness (QED) is 0.688. The third-order valence-corrected chi connectivity index (χ3v) is 6.96. The molecule has 1 saturated heterocycles. The first-order chi connectivity index (χ1) is 12.1. The van der Waals surface area contributed by atoms with Crippen molar-refractivity contribution in [3.63, 3.8) is 0 Å². The molecular weight excluding hydrogens is 362 g/mol. The van der Waals surface area contributed by atoms with E-state index >= 15 is 0 Å². The number of carbonyl (C=O) groups is 1. The normalized spacial score (nSPS) is 22.9. The highest BCUT2D eigenvalue weighted by atomic mass is 32.2. The van der Waals surface area contributed by atoms with Gasteiger partial charge in [-0.1, -0.05) is 0 Å². The van der Waals surface area contributed by atoms with Crippen molar-refractivity contribution < 1.29 is 27.4 Å². The van der Waals surface area contributed by atoms with Gasteiger partial charge in [-0.25, -0.2) is 23.2 Å². The molecule has 1 aromatic heterocycles. The maximum absolute atomic E-state index is 12.4. The fourth-order valence-corrected chi connectivity index (χ4v) is 3.59. The van der Waals surface area contributed by atoms with Crippen LogP contribution in [0, 0.1) is 0 Å². The first kappa shape index (κ1) is 18.8. The zero-order valence-electron chi connectivity index (χ0n) is 15.5. The number of sulfone groups is 1. The van der Waals surface area contributed by atoms with Crippen LogP contribution in [-0.4, -0.2) is 69.6 Å². The summed E-state index contributed by atoms with van der Waals surface area (Å²) in [7, 11) is -2.32. The molecule has 0 bridgehead atoms. The van der Waals surface area contributed by atoms with E-state index in [0.717, 1.165) is 6.26 Å². The highest BCUT2D eigenvalue weighted by molar-refractivity contribution is 7.91. The molecule has 0 radical (unpaired) electrons.